The minimum absolute atomic E-state index is 0.0223. The molecule has 0 radical (unpaired) electrons. The average molecular weight is 400 g/mol. The van der Waals surface area contributed by atoms with Crippen molar-refractivity contribution in [2.75, 3.05) is 26.2 Å². The summed E-state index contributed by atoms with van der Waals surface area (Å²) < 4.78 is 27.5. The van der Waals surface area contributed by atoms with Crippen molar-refractivity contribution in [3.05, 3.63) is 28.8 Å². The van der Waals surface area contributed by atoms with E-state index in [0.717, 1.165) is 32.2 Å². The van der Waals surface area contributed by atoms with Crippen LogP contribution in [-0.4, -0.2) is 50.9 Å². The van der Waals surface area contributed by atoms with E-state index in [2.05, 4.69) is 10.6 Å². The van der Waals surface area contributed by atoms with Gasteiger partial charge in [0.05, 0.1) is 10.8 Å². The van der Waals surface area contributed by atoms with Crippen LogP contribution in [-0.2, 0) is 14.8 Å². The highest BCUT2D eigenvalue weighted by atomic mass is 35.5. The highest BCUT2D eigenvalue weighted by molar-refractivity contribution is 7.89. The predicted octanol–water partition coefficient (Wildman–Crippen LogP) is 1.92. The summed E-state index contributed by atoms with van der Waals surface area (Å²) in [5.74, 6) is 0.00583. The van der Waals surface area contributed by atoms with Crippen molar-refractivity contribution < 1.29 is 13.2 Å². The van der Waals surface area contributed by atoms with Crippen molar-refractivity contribution in [2.24, 2.45) is 5.92 Å². The summed E-state index contributed by atoms with van der Waals surface area (Å²) in [5.41, 5.74) is 0.564. The molecule has 6 nitrogen and oxygen atoms in total. The molecule has 3 rings (SSSR count). The first-order valence-electron chi connectivity index (χ1n) is 9.16. The van der Waals surface area contributed by atoms with Gasteiger partial charge < -0.3 is 10.6 Å². The summed E-state index contributed by atoms with van der Waals surface area (Å²) in [6, 6.07) is 4.79. The van der Waals surface area contributed by atoms with E-state index in [1.807, 2.05) is 0 Å². The van der Waals surface area contributed by atoms with Crippen LogP contribution < -0.4 is 10.6 Å². The first kappa shape index (κ1) is 19.6. The number of piperidine rings is 2. The van der Waals surface area contributed by atoms with Gasteiger partial charge in [0.25, 0.3) is 0 Å². The molecule has 2 atom stereocenters. The summed E-state index contributed by atoms with van der Waals surface area (Å²) in [4.78, 5) is 12.7. The molecule has 0 bridgehead atoms. The Morgan fingerprint density at radius 2 is 2.12 bits per heavy atom. The van der Waals surface area contributed by atoms with Crippen molar-refractivity contribution in [2.45, 2.75) is 43.5 Å². The zero-order valence-electron chi connectivity index (χ0n) is 15.0. The maximum atomic E-state index is 13.0. The molecular formula is C18H26ClN3O3S. The minimum atomic E-state index is -3.62. The number of halogens is 1. The number of benzene rings is 1. The molecule has 2 saturated heterocycles. The summed E-state index contributed by atoms with van der Waals surface area (Å²) >= 11 is 6.10. The Balaban J connectivity index is 1.69. The smallest absolute Gasteiger partial charge is 0.243 e. The second kappa shape index (κ2) is 8.25. The number of nitrogens with zero attached hydrogens (tertiary/aromatic N) is 1. The van der Waals surface area contributed by atoms with Crippen LogP contribution in [0.5, 0.6) is 0 Å². The van der Waals surface area contributed by atoms with E-state index >= 15 is 0 Å². The molecule has 8 heteroatoms. The number of amides is 1. The van der Waals surface area contributed by atoms with Crippen LogP contribution in [0, 0.1) is 12.8 Å². The molecule has 144 valence electrons. The summed E-state index contributed by atoms with van der Waals surface area (Å²) in [7, 11) is -3.62. The van der Waals surface area contributed by atoms with E-state index in [1.165, 1.54) is 4.31 Å². The van der Waals surface area contributed by atoms with Gasteiger partial charge in [-0.1, -0.05) is 17.7 Å². The second-order valence-electron chi connectivity index (χ2n) is 7.12. The molecule has 1 amide bonds. The average Bonchev–Trinajstić information content (AvgIpc) is 2.65. The van der Waals surface area contributed by atoms with Crippen molar-refractivity contribution in [1.82, 2.24) is 14.9 Å². The molecule has 1 aromatic carbocycles. The summed E-state index contributed by atoms with van der Waals surface area (Å²) in [5, 5.41) is 6.74. The van der Waals surface area contributed by atoms with Crippen LogP contribution in [0.25, 0.3) is 0 Å². The number of nitrogens with one attached hydrogen (secondary N) is 2. The molecule has 0 spiro atoms. The van der Waals surface area contributed by atoms with Crippen molar-refractivity contribution in [3.8, 4) is 0 Å². The SMILES string of the molecule is Cc1c(Cl)cccc1S(=O)(=O)N1CCC[C@H](NC(=O)[C@H]2CCCNC2)C1. The maximum absolute atomic E-state index is 13.0. The van der Waals surface area contributed by atoms with E-state index in [0.29, 0.717) is 30.2 Å². The molecule has 1 aromatic rings. The van der Waals surface area contributed by atoms with Gasteiger partial charge in [0, 0.05) is 30.7 Å². The lowest BCUT2D eigenvalue weighted by molar-refractivity contribution is -0.126. The van der Waals surface area contributed by atoms with Crippen LogP contribution in [0.3, 0.4) is 0 Å². The largest absolute Gasteiger partial charge is 0.352 e. The predicted molar refractivity (Wildman–Crippen MR) is 102 cm³/mol. The second-order valence-corrected chi connectivity index (χ2v) is 9.43. The van der Waals surface area contributed by atoms with Crippen LogP contribution in [0.4, 0.5) is 0 Å². The normalized spacial score (nSPS) is 25.0. The Bertz CT molecular complexity index is 763. The van der Waals surface area contributed by atoms with Crippen molar-refractivity contribution in [1.29, 1.82) is 0 Å². The Labute approximate surface area is 160 Å². The fourth-order valence-corrected chi connectivity index (χ4v) is 5.68. The molecule has 2 N–H and O–H groups in total. The van der Waals surface area contributed by atoms with Gasteiger partial charge in [-0.25, -0.2) is 8.42 Å². The van der Waals surface area contributed by atoms with Crippen molar-refractivity contribution >= 4 is 27.5 Å². The molecular weight excluding hydrogens is 374 g/mol. The fourth-order valence-electron chi connectivity index (χ4n) is 3.68. The molecule has 0 saturated carbocycles. The quantitative estimate of drug-likeness (QED) is 0.810. The van der Waals surface area contributed by atoms with Gasteiger partial charge in [-0.3, -0.25) is 4.79 Å². The Morgan fingerprint density at radius 3 is 2.85 bits per heavy atom. The van der Waals surface area contributed by atoms with Gasteiger partial charge in [0.15, 0.2) is 0 Å². The highest BCUT2D eigenvalue weighted by Gasteiger charge is 2.33. The van der Waals surface area contributed by atoms with Gasteiger partial charge in [-0.2, -0.15) is 4.31 Å². The lowest BCUT2D eigenvalue weighted by atomic mass is 9.97. The molecule has 2 heterocycles. The number of hydrogen-bond donors (Lipinski definition) is 2. The van der Waals surface area contributed by atoms with Crippen LogP contribution >= 0.6 is 11.6 Å². The Hall–Kier alpha value is -1.15. The molecule has 2 fully saturated rings. The highest BCUT2D eigenvalue weighted by Crippen LogP contribution is 2.27. The van der Waals surface area contributed by atoms with E-state index in [9.17, 15) is 13.2 Å². The van der Waals surface area contributed by atoms with Gasteiger partial charge in [0.2, 0.25) is 15.9 Å². The zero-order valence-corrected chi connectivity index (χ0v) is 16.6. The third kappa shape index (κ3) is 4.22. The van der Waals surface area contributed by atoms with E-state index in [-0.39, 0.29) is 22.8 Å². The first-order chi connectivity index (χ1) is 12.4. The van der Waals surface area contributed by atoms with Gasteiger partial charge in [-0.05, 0) is 56.8 Å². The molecule has 0 unspecified atom stereocenters. The number of carbonyl (C=O) groups excluding carboxylic acids is 1. The number of carbonyl (C=O) groups is 1. The van der Waals surface area contributed by atoms with Crippen LogP contribution in [0.2, 0.25) is 5.02 Å². The topological polar surface area (TPSA) is 78.5 Å². The van der Waals surface area contributed by atoms with Gasteiger partial charge in [0.1, 0.15) is 0 Å². The zero-order chi connectivity index (χ0) is 18.7. The fraction of sp³-hybridized carbons (Fsp3) is 0.611. The first-order valence-corrected chi connectivity index (χ1v) is 11.0. The van der Waals surface area contributed by atoms with Gasteiger partial charge >= 0.3 is 0 Å². The van der Waals surface area contributed by atoms with Gasteiger partial charge in [-0.15, -0.1) is 0 Å². The van der Waals surface area contributed by atoms with Crippen LogP contribution in [0.1, 0.15) is 31.2 Å². The van der Waals surface area contributed by atoms with E-state index < -0.39 is 10.0 Å². The van der Waals surface area contributed by atoms with Crippen molar-refractivity contribution in [3.63, 3.8) is 0 Å². The molecule has 26 heavy (non-hydrogen) atoms. The Morgan fingerprint density at radius 1 is 1.31 bits per heavy atom. The monoisotopic (exact) mass is 399 g/mol. The molecule has 2 aliphatic rings. The minimum Gasteiger partial charge on any atom is -0.352 e. The standard InChI is InChI=1S/C18H26ClN3O3S/c1-13-16(19)7-2-8-17(13)26(24,25)22-10-4-6-15(12-22)21-18(23)14-5-3-9-20-11-14/h2,7-8,14-15,20H,3-6,9-12H2,1H3,(H,21,23)/t14-,15-/m0/s1. The lowest BCUT2D eigenvalue weighted by Gasteiger charge is -2.34. The number of rotatable bonds is 4. The summed E-state index contributed by atoms with van der Waals surface area (Å²) in [6.45, 7) is 4.14. The Kier molecular flexibility index (Phi) is 6.22. The number of sulfonamides is 1. The lowest BCUT2D eigenvalue weighted by Crippen LogP contribution is -2.52. The summed E-state index contributed by atoms with van der Waals surface area (Å²) in [6.07, 6.45) is 3.41. The number of hydrogen-bond acceptors (Lipinski definition) is 4. The van der Waals surface area contributed by atoms with E-state index in [1.54, 1.807) is 25.1 Å². The molecule has 2 aliphatic heterocycles. The third-order valence-corrected chi connectivity index (χ3v) is 7.65. The third-order valence-electron chi connectivity index (χ3n) is 5.23. The maximum Gasteiger partial charge on any atom is 0.243 e. The molecule has 0 aromatic heterocycles. The van der Waals surface area contributed by atoms with E-state index in [4.69, 9.17) is 11.6 Å². The molecule has 0 aliphatic carbocycles. The van der Waals surface area contributed by atoms with Crippen LogP contribution in [0.15, 0.2) is 23.1 Å².